The molecule has 2 rings (SSSR count). The van der Waals surface area contributed by atoms with E-state index in [1.54, 1.807) is 32.9 Å². The Labute approximate surface area is 175 Å². The number of alkyl halides is 2. The van der Waals surface area contributed by atoms with Crippen LogP contribution in [-0.2, 0) is 14.3 Å². The van der Waals surface area contributed by atoms with Gasteiger partial charge in [0.15, 0.2) is 0 Å². The van der Waals surface area contributed by atoms with Crippen molar-refractivity contribution < 1.29 is 33.0 Å². The Bertz CT molecular complexity index is 780. The highest BCUT2D eigenvalue weighted by molar-refractivity contribution is 9.10. The average molecular weight is 477 g/mol. The number of likely N-dealkylation sites (tertiary alicyclic amines) is 1. The minimum Gasteiger partial charge on any atom is -0.481 e. The first-order valence-electron chi connectivity index (χ1n) is 8.93. The zero-order valence-corrected chi connectivity index (χ0v) is 17.8. The summed E-state index contributed by atoms with van der Waals surface area (Å²) in [5, 5.41) is 12.1. The number of halogens is 3. The lowest BCUT2D eigenvalue weighted by atomic mass is 9.90. The molecule has 0 aromatic heterocycles. The van der Waals surface area contributed by atoms with Gasteiger partial charge in [0.2, 0.25) is 5.91 Å². The van der Waals surface area contributed by atoms with Crippen LogP contribution in [0.5, 0.6) is 0 Å². The number of carboxylic acid groups (broad SMARTS) is 1. The number of hydrogen-bond donors (Lipinski definition) is 2. The topological polar surface area (TPSA) is 95.9 Å². The molecule has 2 atom stereocenters. The van der Waals surface area contributed by atoms with E-state index >= 15 is 0 Å². The van der Waals surface area contributed by atoms with Gasteiger partial charge in [0, 0.05) is 17.4 Å². The maximum Gasteiger partial charge on any atom is 0.408 e. The van der Waals surface area contributed by atoms with Crippen LogP contribution in [0.2, 0.25) is 0 Å². The van der Waals surface area contributed by atoms with Crippen LogP contribution in [0, 0.1) is 0 Å². The summed E-state index contributed by atoms with van der Waals surface area (Å²) in [6, 6.07) is 4.53. The second kappa shape index (κ2) is 8.64. The monoisotopic (exact) mass is 476 g/mol. The summed E-state index contributed by atoms with van der Waals surface area (Å²) in [6.45, 7) is 3.76. The molecule has 1 saturated heterocycles. The van der Waals surface area contributed by atoms with Crippen molar-refractivity contribution in [2.75, 3.05) is 13.1 Å². The molecule has 1 aromatic carbocycles. The van der Waals surface area contributed by atoms with Crippen LogP contribution in [0.3, 0.4) is 0 Å². The molecular weight excluding hydrogens is 454 g/mol. The molecule has 1 heterocycles. The number of carboxylic acids is 1. The standard InChI is InChI=1S/C19H23BrF2N2O5/c1-18(2,3)29-17(28)23-14(15(25)24-9-8-19(21,22)10-24)13(16(26)27)11-4-6-12(20)7-5-11/h4-7,13-14H,8-10H2,1-3H3,(H,23,28)(H,26,27)/t13-,14-/m0/s1. The third-order valence-electron chi connectivity index (χ3n) is 4.25. The van der Waals surface area contributed by atoms with Crippen LogP contribution in [0.25, 0.3) is 0 Å². The highest BCUT2D eigenvalue weighted by atomic mass is 79.9. The van der Waals surface area contributed by atoms with Gasteiger partial charge >= 0.3 is 12.1 Å². The highest BCUT2D eigenvalue weighted by Crippen LogP contribution is 2.30. The molecule has 0 spiro atoms. The maximum atomic E-state index is 13.6. The fourth-order valence-electron chi connectivity index (χ4n) is 2.99. The third kappa shape index (κ3) is 6.38. The van der Waals surface area contributed by atoms with E-state index in [0.29, 0.717) is 4.47 Å². The molecule has 1 aliphatic heterocycles. The van der Waals surface area contributed by atoms with Crippen molar-refractivity contribution in [3.63, 3.8) is 0 Å². The van der Waals surface area contributed by atoms with Crippen LogP contribution < -0.4 is 5.32 Å². The first-order chi connectivity index (χ1) is 13.3. The zero-order valence-electron chi connectivity index (χ0n) is 16.2. The summed E-state index contributed by atoms with van der Waals surface area (Å²) >= 11 is 3.24. The number of carbonyl (C=O) groups is 3. The Morgan fingerprint density at radius 2 is 1.83 bits per heavy atom. The fraction of sp³-hybridized carbons (Fsp3) is 0.526. The van der Waals surface area contributed by atoms with E-state index in [9.17, 15) is 28.3 Å². The number of ether oxygens (including phenoxy) is 1. The van der Waals surface area contributed by atoms with E-state index in [1.165, 1.54) is 12.1 Å². The van der Waals surface area contributed by atoms with Gasteiger partial charge in [-0.3, -0.25) is 9.59 Å². The molecule has 1 fully saturated rings. The summed E-state index contributed by atoms with van der Waals surface area (Å²) < 4.78 is 33.0. The van der Waals surface area contributed by atoms with Crippen molar-refractivity contribution in [2.24, 2.45) is 0 Å². The third-order valence-corrected chi connectivity index (χ3v) is 4.78. The van der Waals surface area contributed by atoms with Gasteiger partial charge in [-0.25, -0.2) is 13.6 Å². The molecule has 2 amide bonds. The summed E-state index contributed by atoms with van der Waals surface area (Å²) in [6.07, 6.45) is -1.53. The molecule has 0 radical (unpaired) electrons. The van der Waals surface area contributed by atoms with Crippen LogP contribution in [-0.4, -0.2) is 58.6 Å². The Morgan fingerprint density at radius 1 is 1.24 bits per heavy atom. The molecule has 160 valence electrons. The van der Waals surface area contributed by atoms with Crippen molar-refractivity contribution in [1.82, 2.24) is 10.2 Å². The van der Waals surface area contributed by atoms with Gasteiger partial charge in [-0.1, -0.05) is 28.1 Å². The fourth-order valence-corrected chi connectivity index (χ4v) is 3.25. The second-order valence-electron chi connectivity index (χ2n) is 7.86. The maximum absolute atomic E-state index is 13.6. The van der Waals surface area contributed by atoms with Gasteiger partial charge in [-0.2, -0.15) is 0 Å². The summed E-state index contributed by atoms with van der Waals surface area (Å²) in [5.41, 5.74) is -0.657. The van der Waals surface area contributed by atoms with Gasteiger partial charge in [0.05, 0.1) is 6.54 Å². The predicted molar refractivity (Wildman–Crippen MR) is 104 cm³/mol. The zero-order chi connectivity index (χ0) is 22.0. The minimum atomic E-state index is -3.05. The number of carbonyl (C=O) groups excluding carboxylic acids is 2. The number of rotatable bonds is 5. The van der Waals surface area contributed by atoms with E-state index < -0.39 is 54.4 Å². The van der Waals surface area contributed by atoms with E-state index in [4.69, 9.17) is 4.74 Å². The molecule has 10 heteroatoms. The van der Waals surface area contributed by atoms with Gasteiger partial charge in [-0.05, 0) is 38.5 Å². The lowest BCUT2D eigenvalue weighted by Gasteiger charge is -2.29. The highest BCUT2D eigenvalue weighted by Gasteiger charge is 2.45. The Balaban J connectivity index is 2.38. The van der Waals surface area contributed by atoms with E-state index in [1.807, 2.05) is 0 Å². The first-order valence-corrected chi connectivity index (χ1v) is 9.73. The quantitative estimate of drug-likeness (QED) is 0.678. The molecule has 0 saturated carbocycles. The molecule has 29 heavy (non-hydrogen) atoms. The molecule has 7 nitrogen and oxygen atoms in total. The van der Waals surface area contributed by atoms with E-state index in [-0.39, 0.29) is 12.1 Å². The molecule has 1 aliphatic rings. The lowest BCUT2D eigenvalue weighted by Crippen LogP contribution is -2.53. The van der Waals surface area contributed by atoms with Crippen molar-refractivity contribution in [3.05, 3.63) is 34.3 Å². The number of alkyl carbamates (subject to hydrolysis) is 1. The van der Waals surface area contributed by atoms with E-state index in [0.717, 1.165) is 4.90 Å². The molecular formula is C19H23BrF2N2O5. The van der Waals surface area contributed by atoms with Crippen LogP contribution in [0.4, 0.5) is 13.6 Å². The Hall–Kier alpha value is -2.23. The average Bonchev–Trinajstić information content (AvgIpc) is 2.93. The normalized spacial score (nSPS) is 18.1. The van der Waals surface area contributed by atoms with Gasteiger partial charge in [0.1, 0.15) is 17.6 Å². The number of nitrogens with zero attached hydrogens (tertiary/aromatic N) is 1. The predicted octanol–water partition coefficient (Wildman–Crippen LogP) is 3.38. The van der Waals surface area contributed by atoms with Gasteiger partial charge in [-0.15, -0.1) is 0 Å². The Morgan fingerprint density at radius 3 is 2.28 bits per heavy atom. The number of aliphatic carboxylic acids is 1. The largest absolute Gasteiger partial charge is 0.481 e. The van der Waals surface area contributed by atoms with Gasteiger partial charge < -0.3 is 20.1 Å². The molecule has 1 aromatic rings. The van der Waals surface area contributed by atoms with Crippen molar-refractivity contribution in [3.8, 4) is 0 Å². The van der Waals surface area contributed by atoms with Crippen LogP contribution >= 0.6 is 15.9 Å². The van der Waals surface area contributed by atoms with Crippen molar-refractivity contribution in [1.29, 1.82) is 0 Å². The van der Waals surface area contributed by atoms with Gasteiger partial charge in [0.25, 0.3) is 5.92 Å². The minimum absolute atomic E-state index is 0.231. The van der Waals surface area contributed by atoms with Crippen LogP contribution in [0.15, 0.2) is 28.7 Å². The molecule has 0 unspecified atom stereocenters. The molecule has 0 bridgehead atoms. The first kappa shape index (κ1) is 23.1. The number of benzene rings is 1. The molecule has 2 N–H and O–H groups in total. The summed E-state index contributed by atoms with van der Waals surface area (Å²) in [4.78, 5) is 38.1. The van der Waals surface area contributed by atoms with E-state index in [2.05, 4.69) is 21.2 Å². The number of amides is 2. The lowest BCUT2D eigenvalue weighted by molar-refractivity contribution is -0.144. The van der Waals surface area contributed by atoms with Crippen LogP contribution in [0.1, 0.15) is 38.7 Å². The van der Waals surface area contributed by atoms with Crippen molar-refractivity contribution >= 4 is 33.9 Å². The summed E-state index contributed by atoms with van der Waals surface area (Å²) in [7, 11) is 0. The number of nitrogens with one attached hydrogen (secondary N) is 1. The number of hydrogen-bond acceptors (Lipinski definition) is 4. The van der Waals surface area contributed by atoms with Crippen molar-refractivity contribution in [2.45, 2.75) is 50.7 Å². The SMILES string of the molecule is CC(C)(C)OC(=O)N[C@H](C(=O)N1CCC(F)(F)C1)[C@@H](C(=O)O)c1ccc(Br)cc1. The second-order valence-corrected chi connectivity index (χ2v) is 8.77. The smallest absolute Gasteiger partial charge is 0.408 e. The summed E-state index contributed by atoms with van der Waals surface area (Å²) in [5.74, 6) is -6.82. The Kier molecular flexibility index (Phi) is 6.87. The molecule has 0 aliphatic carbocycles.